The Morgan fingerprint density at radius 1 is 1.17 bits per heavy atom. The van der Waals surface area contributed by atoms with Crippen molar-refractivity contribution >= 4 is 25.3 Å². The number of hydrogen-bond acceptors (Lipinski definition) is 5. The molecule has 0 spiro atoms. The third kappa shape index (κ3) is 7.00. The van der Waals surface area contributed by atoms with Gasteiger partial charge in [0.25, 0.3) is 0 Å². The minimum atomic E-state index is -4.82. The van der Waals surface area contributed by atoms with Crippen LogP contribution in [0.1, 0.15) is 12.5 Å². The van der Waals surface area contributed by atoms with E-state index >= 15 is 0 Å². The van der Waals surface area contributed by atoms with Crippen LogP contribution >= 0.6 is 7.82 Å². The fourth-order valence-electron chi connectivity index (χ4n) is 2.86. The molecule has 1 unspecified atom stereocenters. The molecule has 162 valence electrons. The van der Waals surface area contributed by atoms with Crippen molar-refractivity contribution < 1.29 is 41.6 Å². The number of alkyl halides is 3. The molecule has 1 heterocycles. The first-order valence-electron chi connectivity index (χ1n) is 8.55. The third-order valence-corrected chi connectivity index (χ3v) is 4.72. The van der Waals surface area contributed by atoms with E-state index in [1.54, 1.807) is 0 Å². The van der Waals surface area contributed by atoms with Crippen molar-refractivity contribution in [2.75, 3.05) is 37.7 Å². The second-order valence-corrected chi connectivity index (χ2v) is 7.64. The van der Waals surface area contributed by atoms with Crippen LogP contribution in [0.4, 0.5) is 18.9 Å². The first kappa shape index (κ1) is 23.1. The predicted octanol–water partition coefficient (Wildman–Crippen LogP) is 0.968. The molecule has 1 aromatic carbocycles. The highest BCUT2D eigenvalue weighted by Crippen LogP contribution is 2.35. The number of halogens is 3. The third-order valence-electron chi connectivity index (χ3n) is 4.24. The molecule has 2 amide bonds. The van der Waals surface area contributed by atoms with Crippen LogP contribution in [-0.4, -0.2) is 65.3 Å². The lowest BCUT2D eigenvalue weighted by Crippen LogP contribution is -2.56. The van der Waals surface area contributed by atoms with E-state index in [1.807, 2.05) is 4.90 Å². The molecular weight excluding hydrogens is 418 g/mol. The normalized spacial score (nSPS) is 16.5. The molecular formula is C16H21F3N3O6P. The van der Waals surface area contributed by atoms with Gasteiger partial charge >= 0.3 is 14.0 Å². The van der Waals surface area contributed by atoms with Crippen LogP contribution in [0, 0.1) is 0 Å². The fourth-order valence-corrected chi connectivity index (χ4v) is 3.20. The van der Waals surface area contributed by atoms with E-state index in [0.29, 0.717) is 18.8 Å². The Morgan fingerprint density at radius 2 is 1.72 bits per heavy atom. The number of nitrogens with one attached hydrogen (secondary N) is 1. The van der Waals surface area contributed by atoms with E-state index in [0.717, 1.165) is 19.1 Å². The summed E-state index contributed by atoms with van der Waals surface area (Å²) < 4.78 is 53.2. The maximum Gasteiger partial charge on any atom is 0.469 e. The molecule has 9 nitrogen and oxygen atoms in total. The Morgan fingerprint density at radius 3 is 2.17 bits per heavy atom. The Balaban J connectivity index is 1.97. The number of phosphoric ester groups is 1. The summed E-state index contributed by atoms with van der Waals surface area (Å²) in [7, 11) is -4.82. The molecule has 0 aliphatic carbocycles. The van der Waals surface area contributed by atoms with Crippen molar-refractivity contribution in [2.45, 2.75) is 19.1 Å². The fraction of sp³-hybridized carbons (Fsp3) is 0.500. The number of carbonyl (C=O) groups is 2. The van der Waals surface area contributed by atoms with Gasteiger partial charge in [-0.05, 0) is 24.3 Å². The van der Waals surface area contributed by atoms with Gasteiger partial charge in [-0.25, -0.2) is 4.57 Å². The molecule has 1 aliphatic heterocycles. The number of amides is 2. The lowest BCUT2D eigenvalue weighted by molar-refractivity contribution is -0.138. The van der Waals surface area contributed by atoms with Gasteiger partial charge < -0.3 is 24.9 Å². The van der Waals surface area contributed by atoms with Crippen molar-refractivity contribution in [1.82, 2.24) is 10.2 Å². The molecule has 1 aliphatic rings. The van der Waals surface area contributed by atoms with Crippen LogP contribution in [0.2, 0.25) is 0 Å². The summed E-state index contributed by atoms with van der Waals surface area (Å²) in [6, 6.07) is 3.42. The van der Waals surface area contributed by atoms with Crippen molar-refractivity contribution in [2.24, 2.45) is 0 Å². The van der Waals surface area contributed by atoms with E-state index in [-0.39, 0.29) is 13.1 Å². The lowest BCUT2D eigenvalue weighted by Gasteiger charge is -2.37. The van der Waals surface area contributed by atoms with E-state index in [1.165, 1.54) is 17.0 Å². The second-order valence-electron chi connectivity index (χ2n) is 6.40. The van der Waals surface area contributed by atoms with Crippen LogP contribution in [-0.2, 0) is 24.9 Å². The lowest BCUT2D eigenvalue weighted by atomic mass is 10.1. The average molecular weight is 439 g/mol. The van der Waals surface area contributed by atoms with Crippen LogP contribution in [0.5, 0.6) is 0 Å². The molecule has 1 fully saturated rings. The molecule has 0 radical (unpaired) electrons. The van der Waals surface area contributed by atoms with E-state index < -0.39 is 44.0 Å². The second kappa shape index (κ2) is 9.12. The molecule has 3 N–H and O–H groups in total. The van der Waals surface area contributed by atoms with Crippen LogP contribution < -0.4 is 10.2 Å². The Bertz CT molecular complexity index is 775. The minimum absolute atomic E-state index is 0.214. The topological polar surface area (TPSA) is 119 Å². The Hall–Kier alpha value is -2.14. The number of carbonyl (C=O) groups excluding carboxylic acids is 2. The van der Waals surface area contributed by atoms with Gasteiger partial charge in [-0.1, -0.05) is 0 Å². The van der Waals surface area contributed by atoms with Gasteiger partial charge in [-0.15, -0.1) is 0 Å². The summed E-state index contributed by atoms with van der Waals surface area (Å²) >= 11 is 0. The highest BCUT2D eigenvalue weighted by atomic mass is 31.2. The minimum Gasteiger partial charge on any atom is -0.368 e. The number of rotatable bonds is 6. The standard InChI is InChI=1S/C16H21F3N3O6P/c1-11(23)20-14(10-28-29(25,26)27)15(24)22-8-6-21(7-9-22)13-4-2-12(3-5-13)16(17,18)19/h2-5,14H,6-10H2,1H3,(H,20,23)(H2,25,26,27). The first-order chi connectivity index (χ1) is 13.4. The molecule has 1 atom stereocenters. The molecule has 0 bridgehead atoms. The SMILES string of the molecule is CC(=O)NC(COP(=O)(O)O)C(=O)N1CCN(c2ccc(C(F)(F)F)cc2)CC1. The smallest absolute Gasteiger partial charge is 0.368 e. The zero-order chi connectivity index (χ0) is 21.8. The zero-order valence-corrected chi connectivity index (χ0v) is 16.3. The summed E-state index contributed by atoms with van der Waals surface area (Å²) in [5.74, 6) is -1.14. The van der Waals surface area contributed by atoms with Gasteiger partial charge in [0.2, 0.25) is 11.8 Å². The maximum atomic E-state index is 12.7. The Kier molecular flexibility index (Phi) is 7.28. The van der Waals surface area contributed by atoms with Crippen LogP contribution in [0.3, 0.4) is 0 Å². The van der Waals surface area contributed by atoms with Gasteiger partial charge in [0.1, 0.15) is 6.04 Å². The number of phosphoric acid groups is 1. The maximum absolute atomic E-state index is 12.7. The molecule has 1 saturated heterocycles. The van der Waals surface area contributed by atoms with E-state index in [9.17, 15) is 27.3 Å². The average Bonchev–Trinajstić information content (AvgIpc) is 2.63. The van der Waals surface area contributed by atoms with Crippen LogP contribution in [0.25, 0.3) is 0 Å². The quantitative estimate of drug-likeness (QED) is 0.565. The van der Waals surface area contributed by atoms with Crippen molar-refractivity contribution in [3.8, 4) is 0 Å². The predicted molar refractivity (Wildman–Crippen MR) is 95.8 cm³/mol. The van der Waals surface area contributed by atoms with Crippen molar-refractivity contribution in [3.63, 3.8) is 0 Å². The molecule has 2 rings (SSSR count). The summed E-state index contributed by atoms with van der Waals surface area (Å²) in [6.07, 6.45) is -4.42. The summed E-state index contributed by atoms with van der Waals surface area (Å²) in [5.41, 5.74) is -0.174. The molecule has 0 aromatic heterocycles. The van der Waals surface area contributed by atoms with Crippen molar-refractivity contribution in [1.29, 1.82) is 0 Å². The number of hydrogen-bond donors (Lipinski definition) is 3. The van der Waals surface area contributed by atoms with Gasteiger partial charge in [0.15, 0.2) is 0 Å². The summed E-state index contributed by atoms with van der Waals surface area (Å²) in [4.78, 5) is 44.7. The van der Waals surface area contributed by atoms with Gasteiger partial charge in [-0.2, -0.15) is 13.2 Å². The largest absolute Gasteiger partial charge is 0.469 e. The highest BCUT2D eigenvalue weighted by Gasteiger charge is 2.32. The van der Waals surface area contributed by atoms with Crippen molar-refractivity contribution in [3.05, 3.63) is 29.8 Å². The van der Waals surface area contributed by atoms with Gasteiger partial charge in [-0.3, -0.25) is 14.1 Å². The highest BCUT2D eigenvalue weighted by molar-refractivity contribution is 7.46. The summed E-state index contributed by atoms with van der Waals surface area (Å²) in [6.45, 7) is 1.56. The number of anilines is 1. The molecule has 0 saturated carbocycles. The number of benzene rings is 1. The molecule has 13 heteroatoms. The molecule has 1 aromatic rings. The number of nitrogens with zero attached hydrogens (tertiary/aromatic N) is 2. The first-order valence-corrected chi connectivity index (χ1v) is 10.1. The van der Waals surface area contributed by atoms with E-state index in [4.69, 9.17) is 9.79 Å². The monoisotopic (exact) mass is 439 g/mol. The van der Waals surface area contributed by atoms with Gasteiger partial charge in [0, 0.05) is 38.8 Å². The zero-order valence-electron chi connectivity index (χ0n) is 15.4. The summed E-state index contributed by atoms with van der Waals surface area (Å²) in [5, 5.41) is 2.29. The van der Waals surface area contributed by atoms with E-state index in [2.05, 4.69) is 9.84 Å². The molecule has 29 heavy (non-hydrogen) atoms. The van der Waals surface area contributed by atoms with Gasteiger partial charge in [0.05, 0.1) is 12.2 Å². The Labute approximate surface area is 164 Å². The van der Waals surface area contributed by atoms with Crippen LogP contribution in [0.15, 0.2) is 24.3 Å². The number of piperazine rings is 1.